The van der Waals surface area contributed by atoms with Gasteiger partial charge >= 0.3 is 0 Å². The van der Waals surface area contributed by atoms with Gasteiger partial charge in [0.05, 0.1) is 0 Å². The second-order valence-electron chi connectivity index (χ2n) is 9.02. The first kappa shape index (κ1) is 25.4. The summed E-state index contributed by atoms with van der Waals surface area (Å²) < 4.78 is 0. The molecule has 0 aromatic heterocycles. The maximum Gasteiger partial charge on any atom is 0.227 e. The Bertz CT molecular complexity index is 858. The minimum Gasteiger partial charge on any atom is -0.369 e. The van der Waals surface area contributed by atoms with Crippen molar-refractivity contribution in [1.82, 2.24) is 0 Å². The van der Waals surface area contributed by atoms with E-state index in [0.29, 0.717) is 30.4 Å². The van der Waals surface area contributed by atoms with Crippen LogP contribution in [0.5, 0.6) is 0 Å². The van der Waals surface area contributed by atoms with Gasteiger partial charge in [-0.2, -0.15) is 0 Å². The van der Waals surface area contributed by atoms with Crippen molar-refractivity contribution in [3.8, 4) is 0 Å². The Kier molecular flexibility index (Phi) is 8.34. The number of carbonyl (C=O) groups is 3. The van der Waals surface area contributed by atoms with Gasteiger partial charge in [0.1, 0.15) is 0 Å². The number of carbonyl (C=O) groups excluding carboxylic acids is 3. The molecule has 1 unspecified atom stereocenters. The van der Waals surface area contributed by atoms with Gasteiger partial charge in [0.2, 0.25) is 5.91 Å². The van der Waals surface area contributed by atoms with Crippen LogP contribution in [0.15, 0.2) is 35.9 Å². The molecule has 0 saturated heterocycles. The Hall–Kier alpha value is -1.85. The average Bonchev–Trinajstić information content (AvgIpc) is 2.71. The maximum atomic E-state index is 13.1. The van der Waals surface area contributed by atoms with Crippen LogP contribution in [0.2, 0.25) is 0 Å². The second kappa shape index (κ2) is 10.2. The first-order valence-corrected chi connectivity index (χ1v) is 11.5. The minimum atomic E-state index is -0.909. The fourth-order valence-corrected chi connectivity index (χ4v) is 4.26. The zero-order valence-corrected chi connectivity index (χ0v) is 20.5. The van der Waals surface area contributed by atoms with Gasteiger partial charge in [-0.05, 0) is 48.3 Å². The van der Waals surface area contributed by atoms with Gasteiger partial charge < -0.3 is 9.80 Å². The summed E-state index contributed by atoms with van der Waals surface area (Å²) in [6, 6.07) is 7.67. The smallest absolute Gasteiger partial charge is 0.227 e. The van der Waals surface area contributed by atoms with E-state index in [1.807, 2.05) is 38.1 Å². The summed E-state index contributed by atoms with van der Waals surface area (Å²) in [5.41, 5.74) is 0.646. The van der Waals surface area contributed by atoms with E-state index in [0.717, 1.165) is 11.4 Å². The molecule has 1 aromatic carbocycles. The van der Waals surface area contributed by atoms with Crippen molar-refractivity contribution in [2.24, 2.45) is 10.8 Å². The number of allylic oxidation sites excluding steroid dienone is 2. The molecule has 0 fully saturated rings. The lowest BCUT2D eigenvalue weighted by Gasteiger charge is -2.44. The van der Waals surface area contributed by atoms with Gasteiger partial charge in [0, 0.05) is 61.5 Å². The molecule has 1 aliphatic carbocycles. The number of alkyl halides is 2. The largest absolute Gasteiger partial charge is 0.369 e. The number of Topliss-reactive ketones (excluding diaryl/α,β-unsaturated/α-hetero) is 1. The minimum absolute atomic E-state index is 0.0370. The van der Waals surface area contributed by atoms with Crippen molar-refractivity contribution in [2.45, 2.75) is 40.5 Å². The van der Waals surface area contributed by atoms with E-state index in [1.165, 1.54) is 6.08 Å². The number of hydrogen-bond acceptors (Lipinski definition) is 4. The van der Waals surface area contributed by atoms with Crippen LogP contribution in [0.1, 0.15) is 40.5 Å². The zero-order valence-electron chi connectivity index (χ0n) is 19.0. The molecular weight excluding hydrogens is 435 g/mol. The van der Waals surface area contributed by atoms with E-state index >= 15 is 0 Å². The molecule has 0 saturated carbocycles. The van der Waals surface area contributed by atoms with Gasteiger partial charge in [0.15, 0.2) is 11.6 Å². The van der Waals surface area contributed by atoms with Gasteiger partial charge in [-0.1, -0.05) is 20.8 Å². The molecule has 31 heavy (non-hydrogen) atoms. The molecule has 1 aromatic rings. The molecule has 0 aliphatic heterocycles. The summed E-state index contributed by atoms with van der Waals surface area (Å²) in [4.78, 5) is 41.8. The monoisotopic (exact) mass is 466 g/mol. The highest BCUT2D eigenvalue weighted by Crippen LogP contribution is 2.48. The highest BCUT2D eigenvalue weighted by Gasteiger charge is 2.50. The van der Waals surface area contributed by atoms with Crippen LogP contribution in [0.4, 0.5) is 11.4 Å². The van der Waals surface area contributed by atoms with Crippen LogP contribution in [-0.2, 0) is 14.4 Å². The predicted octanol–water partition coefficient (Wildman–Crippen LogP) is 4.84. The second-order valence-corrected chi connectivity index (χ2v) is 9.77. The Morgan fingerprint density at radius 1 is 1.06 bits per heavy atom. The topological polar surface area (TPSA) is 57.7 Å². The van der Waals surface area contributed by atoms with Crippen LogP contribution in [-0.4, -0.2) is 49.4 Å². The lowest BCUT2D eigenvalue weighted by atomic mass is 9.58. The van der Waals surface area contributed by atoms with Crippen molar-refractivity contribution in [2.75, 3.05) is 41.7 Å². The summed E-state index contributed by atoms with van der Waals surface area (Å²) in [7, 11) is 1.73. The lowest BCUT2D eigenvalue weighted by Crippen LogP contribution is -2.48. The van der Waals surface area contributed by atoms with Gasteiger partial charge in [-0.3, -0.25) is 14.4 Å². The van der Waals surface area contributed by atoms with Crippen molar-refractivity contribution < 1.29 is 14.4 Å². The number of rotatable bonds is 9. The van der Waals surface area contributed by atoms with Crippen molar-refractivity contribution in [3.05, 3.63) is 35.9 Å². The molecule has 0 radical (unpaired) electrons. The highest BCUT2D eigenvalue weighted by molar-refractivity contribution is 6.18. The Labute approximate surface area is 195 Å². The van der Waals surface area contributed by atoms with Gasteiger partial charge in [0.25, 0.3) is 0 Å². The molecule has 1 amide bonds. The van der Waals surface area contributed by atoms with Crippen LogP contribution in [0.3, 0.4) is 0 Å². The molecule has 0 heterocycles. The van der Waals surface area contributed by atoms with Crippen molar-refractivity contribution >= 4 is 52.1 Å². The number of hydrogen-bond donors (Lipinski definition) is 0. The number of amides is 1. The number of anilines is 2. The third-order valence-electron chi connectivity index (χ3n) is 6.62. The van der Waals surface area contributed by atoms with Crippen LogP contribution < -0.4 is 9.80 Å². The van der Waals surface area contributed by atoms with E-state index in [2.05, 4.69) is 4.90 Å². The number of nitrogens with zero attached hydrogens (tertiary/aromatic N) is 2. The molecular formula is C24H32Cl2N2O3. The molecule has 0 bridgehead atoms. The van der Waals surface area contributed by atoms with Crippen LogP contribution >= 0.6 is 23.2 Å². The average molecular weight is 467 g/mol. The third kappa shape index (κ3) is 5.50. The summed E-state index contributed by atoms with van der Waals surface area (Å²) in [6.45, 7) is 8.61. The van der Waals surface area contributed by atoms with Crippen LogP contribution in [0, 0.1) is 10.8 Å². The fourth-order valence-electron chi connectivity index (χ4n) is 3.85. The summed E-state index contributed by atoms with van der Waals surface area (Å²) in [5, 5.41) is 0. The predicted molar refractivity (Wildman–Crippen MR) is 128 cm³/mol. The lowest BCUT2D eigenvalue weighted by molar-refractivity contribution is -0.139. The Balaban J connectivity index is 2.16. The molecule has 5 nitrogen and oxygen atoms in total. The maximum absolute atomic E-state index is 13.1. The third-order valence-corrected chi connectivity index (χ3v) is 6.96. The Morgan fingerprint density at radius 3 is 2.10 bits per heavy atom. The summed E-state index contributed by atoms with van der Waals surface area (Å²) >= 11 is 11.8. The number of halogens is 2. The molecule has 1 aliphatic rings. The highest BCUT2D eigenvalue weighted by atomic mass is 35.5. The van der Waals surface area contributed by atoms with E-state index in [-0.39, 0.29) is 30.3 Å². The SMILES string of the molecule is CC1=CC(=O)C(C)(C(C)(C)CC(=O)N(C)c2ccc(N(CCCl)CCCl)cc2)CC1=O. The Morgan fingerprint density at radius 2 is 1.58 bits per heavy atom. The fraction of sp³-hybridized carbons (Fsp3) is 0.542. The standard InChI is InChI=1S/C24H32Cl2N2O3/c1-17-14-21(30)24(4,15-20(17)29)23(2,3)16-22(31)27(5)18-6-8-19(9-7-18)28(12-10-25)13-11-26/h6-9,14H,10-13,15-16H2,1-5H3. The van der Waals surface area contributed by atoms with E-state index in [9.17, 15) is 14.4 Å². The van der Waals surface area contributed by atoms with Crippen molar-refractivity contribution in [3.63, 3.8) is 0 Å². The van der Waals surface area contributed by atoms with E-state index in [1.54, 1.807) is 25.8 Å². The van der Waals surface area contributed by atoms with Gasteiger partial charge in [-0.15, -0.1) is 23.2 Å². The first-order valence-electron chi connectivity index (χ1n) is 10.5. The summed E-state index contributed by atoms with van der Waals surface area (Å²) in [6.07, 6.45) is 1.70. The number of ketones is 2. The molecule has 1 atom stereocenters. The molecule has 170 valence electrons. The van der Waals surface area contributed by atoms with Crippen molar-refractivity contribution in [1.29, 1.82) is 0 Å². The van der Waals surface area contributed by atoms with Gasteiger partial charge in [-0.25, -0.2) is 0 Å². The molecule has 2 rings (SSSR count). The van der Waals surface area contributed by atoms with Crippen LogP contribution in [0.25, 0.3) is 0 Å². The molecule has 7 heteroatoms. The zero-order chi connectivity index (χ0) is 23.4. The molecule has 0 N–H and O–H groups in total. The number of benzene rings is 1. The van der Waals surface area contributed by atoms with E-state index in [4.69, 9.17) is 23.2 Å². The normalized spacial score (nSPS) is 19.3. The first-order chi connectivity index (χ1) is 14.5. The van der Waals surface area contributed by atoms with E-state index < -0.39 is 10.8 Å². The quantitative estimate of drug-likeness (QED) is 0.488. The molecule has 0 spiro atoms. The summed E-state index contributed by atoms with van der Waals surface area (Å²) in [5.74, 6) is 0.767.